The lowest BCUT2D eigenvalue weighted by Gasteiger charge is -2.18. The molecule has 0 bridgehead atoms. The first-order valence-corrected chi connectivity index (χ1v) is 12.5. The number of amides is 1. The van der Waals surface area contributed by atoms with Crippen molar-refractivity contribution in [1.82, 2.24) is 15.1 Å². The number of rotatable bonds is 8. The molecule has 2 aromatic carbocycles. The zero-order valence-corrected chi connectivity index (χ0v) is 21.3. The third-order valence-electron chi connectivity index (χ3n) is 6.06. The molecule has 35 heavy (non-hydrogen) atoms. The van der Waals surface area contributed by atoms with Crippen LogP contribution in [0, 0.1) is 12.8 Å². The number of hydrogen-bond donors (Lipinski definition) is 1. The summed E-state index contributed by atoms with van der Waals surface area (Å²) in [6.45, 7) is 8.68. The van der Waals surface area contributed by atoms with Crippen LogP contribution >= 0.6 is 0 Å². The Bertz CT molecular complexity index is 1150. The Kier molecular flexibility index (Phi) is 9.85. The average Bonchev–Trinajstić information content (AvgIpc) is 3.02. The standard InChI is InChI=1S/C19H20N2.C12H17NO/c1-3-18-15(2)19(16-11-7-4-5-8-12-16)20-21(18)17-13-9-6-10-14-17;1-10(2)8-12(13-9-14)11-6-4-3-5-7-11/h4-11,13-14H,3,12H2,1-2H3;3-7,9-10,12H,8H2,1-2H3,(H,13,14). The molecule has 1 aliphatic carbocycles. The molecule has 4 heteroatoms. The first-order valence-electron chi connectivity index (χ1n) is 12.5. The maximum atomic E-state index is 10.5. The number of allylic oxidation sites excluding steroid dienone is 6. The molecule has 0 fully saturated rings. The van der Waals surface area contributed by atoms with Crippen LogP contribution in [-0.2, 0) is 11.2 Å². The van der Waals surface area contributed by atoms with Crippen molar-refractivity contribution in [3.63, 3.8) is 0 Å². The van der Waals surface area contributed by atoms with Gasteiger partial charge in [-0.15, -0.1) is 0 Å². The van der Waals surface area contributed by atoms with Crippen molar-refractivity contribution in [2.24, 2.45) is 5.92 Å². The number of carbonyl (C=O) groups is 1. The number of carbonyl (C=O) groups excluding carboxylic acids is 1. The molecule has 0 aliphatic heterocycles. The third kappa shape index (κ3) is 7.16. The first-order chi connectivity index (χ1) is 17.0. The van der Waals surface area contributed by atoms with Gasteiger partial charge in [0.25, 0.3) is 0 Å². The molecule has 1 aliphatic rings. The molecule has 4 nitrogen and oxygen atoms in total. The lowest BCUT2D eigenvalue weighted by Crippen LogP contribution is -2.21. The molecule has 182 valence electrons. The second-order valence-electron chi connectivity index (χ2n) is 9.11. The van der Waals surface area contributed by atoms with Crippen LogP contribution in [0.1, 0.15) is 62.2 Å². The Hall–Kier alpha value is -3.66. The Balaban J connectivity index is 0.000000214. The van der Waals surface area contributed by atoms with Gasteiger partial charge in [-0.25, -0.2) is 4.68 Å². The van der Waals surface area contributed by atoms with E-state index in [4.69, 9.17) is 5.10 Å². The minimum atomic E-state index is 0.147. The van der Waals surface area contributed by atoms with Crippen molar-refractivity contribution in [2.75, 3.05) is 0 Å². The Morgan fingerprint density at radius 2 is 1.69 bits per heavy atom. The van der Waals surface area contributed by atoms with E-state index in [0.717, 1.165) is 37.1 Å². The van der Waals surface area contributed by atoms with Crippen molar-refractivity contribution < 1.29 is 4.79 Å². The van der Waals surface area contributed by atoms with Crippen molar-refractivity contribution in [3.05, 3.63) is 114 Å². The van der Waals surface area contributed by atoms with Crippen LogP contribution < -0.4 is 5.32 Å². The number of nitrogens with zero attached hydrogens (tertiary/aromatic N) is 2. The molecule has 0 radical (unpaired) electrons. The predicted molar refractivity (Wildman–Crippen MR) is 146 cm³/mol. The molecule has 3 aromatic rings. The fourth-order valence-corrected chi connectivity index (χ4v) is 4.33. The molecule has 1 amide bonds. The van der Waals surface area contributed by atoms with Gasteiger partial charge >= 0.3 is 0 Å². The van der Waals surface area contributed by atoms with E-state index in [-0.39, 0.29) is 6.04 Å². The maximum absolute atomic E-state index is 10.5. The van der Waals surface area contributed by atoms with Crippen LogP contribution in [0.5, 0.6) is 0 Å². The second kappa shape index (κ2) is 13.3. The number of hydrogen-bond acceptors (Lipinski definition) is 2. The van der Waals surface area contributed by atoms with Crippen LogP contribution in [0.3, 0.4) is 0 Å². The molecule has 4 rings (SSSR count). The van der Waals surface area contributed by atoms with E-state index < -0.39 is 0 Å². The summed E-state index contributed by atoms with van der Waals surface area (Å²) in [5.41, 5.74) is 7.27. The van der Waals surface area contributed by atoms with Gasteiger partial charge in [-0.2, -0.15) is 5.10 Å². The number of aromatic nitrogens is 2. The fourth-order valence-electron chi connectivity index (χ4n) is 4.33. The van der Waals surface area contributed by atoms with Crippen molar-refractivity contribution >= 4 is 12.0 Å². The summed E-state index contributed by atoms with van der Waals surface area (Å²) in [4.78, 5) is 10.5. The molecule has 0 spiro atoms. The van der Waals surface area contributed by atoms with Crippen LogP contribution in [0.2, 0.25) is 0 Å². The molecule has 1 heterocycles. The Labute approximate surface area is 210 Å². The third-order valence-corrected chi connectivity index (χ3v) is 6.06. The van der Waals surface area contributed by atoms with Gasteiger partial charge in [-0.3, -0.25) is 4.79 Å². The van der Waals surface area contributed by atoms with Gasteiger partial charge in [0.2, 0.25) is 6.41 Å². The van der Waals surface area contributed by atoms with E-state index in [1.54, 1.807) is 0 Å². The zero-order chi connectivity index (χ0) is 25.0. The van der Waals surface area contributed by atoms with Gasteiger partial charge in [0.05, 0.1) is 17.4 Å². The molecule has 0 saturated heterocycles. The van der Waals surface area contributed by atoms with Gasteiger partial charge in [-0.05, 0) is 60.9 Å². The van der Waals surface area contributed by atoms with Gasteiger partial charge < -0.3 is 5.32 Å². The summed E-state index contributed by atoms with van der Waals surface area (Å²) in [5.74, 6) is 0.577. The summed E-state index contributed by atoms with van der Waals surface area (Å²) in [5, 5.41) is 7.75. The van der Waals surface area contributed by atoms with Crippen LogP contribution in [-0.4, -0.2) is 16.2 Å². The fraction of sp³-hybridized carbons (Fsp3) is 0.290. The van der Waals surface area contributed by atoms with E-state index >= 15 is 0 Å². The molecule has 1 atom stereocenters. The highest BCUT2D eigenvalue weighted by Crippen LogP contribution is 2.27. The largest absolute Gasteiger partial charge is 0.352 e. The monoisotopic (exact) mass is 467 g/mol. The molecular formula is C31H37N3O. The Morgan fingerprint density at radius 1 is 1.00 bits per heavy atom. The van der Waals surface area contributed by atoms with Crippen molar-refractivity contribution in [3.8, 4) is 5.69 Å². The quantitative estimate of drug-likeness (QED) is 0.357. The van der Waals surface area contributed by atoms with E-state index in [2.05, 4.69) is 92.3 Å². The van der Waals surface area contributed by atoms with E-state index in [9.17, 15) is 4.79 Å². The topological polar surface area (TPSA) is 46.9 Å². The molecular weight excluding hydrogens is 430 g/mol. The highest BCUT2D eigenvalue weighted by Gasteiger charge is 2.16. The highest BCUT2D eigenvalue weighted by atomic mass is 16.1. The van der Waals surface area contributed by atoms with Gasteiger partial charge in [0.1, 0.15) is 0 Å². The lowest BCUT2D eigenvalue weighted by molar-refractivity contribution is -0.110. The lowest BCUT2D eigenvalue weighted by atomic mass is 9.97. The van der Waals surface area contributed by atoms with Crippen LogP contribution in [0.25, 0.3) is 11.3 Å². The van der Waals surface area contributed by atoms with Gasteiger partial charge in [0, 0.05) is 5.69 Å². The SMILES string of the molecule is CC(C)CC(NC=O)c1ccccc1.CCc1c(C)c(C2=CC=CC=CC2)nn1-c1ccccc1. The minimum Gasteiger partial charge on any atom is -0.352 e. The molecule has 0 saturated carbocycles. The van der Waals surface area contributed by atoms with Crippen LogP contribution in [0.4, 0.5) is 0 Å². The zero-order valence-electron chi connectivity index (χ0n) is 21.3. The van der Waals surface area contributed by atoms with E-state index in [1.807, 2.05) is 36.4 Å². The first kappa shape index (κ1) is 26.0. The number of para-hydroxylation sites is 1. The van der Waals surface area contributed by atoms with Crippen molar-refractivity contribution in [2.45, 2.75) is 53.0 Å². The summed E-state index contributed by atoms with van der Waals surface area (Å²) in [7, 11) is 0. The summed E-state index contributed by atoms with van der Waals surface area (Å²) in [6, 6.07) is 20.6. The minimum absolute atomic E-state index is 0.147. The van der Waals surface area contributed by atoms with Crippen LogP contribution in [0.15, 0.2) is 91.0 Å². The normalized spacial score (nSPS) is 13.5. The predicted octanol–water partition coefficient (Wildman–Crippen LogP) is 7.16. The number of benzene rings is 2. The molecule has 1 unspecified atom stereocenters. The van der Waals surface area contributed by atoms with Gasteiger partial charge in [0.15, 0.2) is 0 Å². The van der Waals surface area contributed by atoms with E-state index in [1.165, 1.54) is 22.4 Å². The highest BCUT2D eigenvalue weighted by molar-refractivity contribution is 5.69. The van der Waals surface area contributed by atoms with Gasteiger partial charge in [-0.1, -0.05) is 99.7 Å². The molecule has 1 aromatic heterocycles. The summed E-state index contributed by atoms with van der Waals surface area (Å²) in [6.07, 6.45) is 14.3. The Morgan fingerprint density at radius 3 is 2.31 bits per heavy atom. The smallest absolute Gasteiger partial charge is 0.207 e. The average molecular weight is 468 g/mol. The summed E-state index contributed by atoms with van der Waals surface area (Å²) < 4.78 is 2.09. The number of nitrogens with one attached hydrogen (secondary N) is 1. The maximum Gasteiger partial charge on any atom is 0.207 e. The van der Waals surface area contributed by atoms with Crippen molar-refractivity contribution in [1.29, 1.82) is 0 Å². The second-order valence-corrected chi connectivity index (χ2v) is 9.11. The van der Waals surface area contributed by atoms with E-state index in [0.29, 0.717) is 5.92 Å². The molecule has 1 N–H and O–H groups in total. The summed E-state index contributed by atoms with van der Waals surface area (Å²) >= 11 is 0.